The minimum Gasteiger partial charge on any atom is -0.396 e. The Bertz CT molecular complexity index is 860. The molecule has 2 aromatic heterocycles. The Morgan fingerprint density at radius 3 is 3.00 bits per heavy atom. The first kappa shape index (κ1) is 21.2. The molecule has 1 atom stereocenters. The van der Waals surface area contributed by atoms with Crippen LogP contribution in [0.25, 0.3) is 5.69 Å². The van der Waals surface area contributed by atoms with E-state index in [4.69, 9.17) is 16.4 Å². The smallest absolute Gasteiger partial charge is 0.251 e. The Labute approximate surface area is 172 Å². The molecule has 1 fully saturated rings. The molecule has 0 spiro atoms. The van der Waals surface area contributed by atoms with E-state index < -0.39 is 11.8 Å². The number of carbonyl (C=O) groups excluding carboxylic acids is 1. The topological polar surface area (TPSA) is 72.6 Å². The number of hydrogen-bond acceptors (Lipinski definition) is 5. The van der Waals surface area contributed by atoms with Crippen LogP contribution in [0.1, 0.15) is 32.6 Å². The summed E-state index contributed by atoms with van der Waals surface area (Å²) in [5.74, 6) is -3.26. The molecule has 0 aliphatic heterocycles. The molecule has 1 unspecified atom stereocenters. The summed E-state index contributed by atoms with van der Waals surface area (Å²) in [7, 11) is 0. The summed E-state index contributed by atoms with van der Waals surface area (Å²) < 4.78 is 27.0. The highest BCUT2D eigenvalue weighted by Crippen LogP contribution is 2.50. The third kappa shape index (κ3) is 5.50. The molecular formula is C19H22ClF2N5O2. The molecular weight excluding hydrogens is 404 g/mol. The average molecular weight is 426 g/mol. The second-order valence-corrected chi connectivity index (χ2v) is 7.07. The fourth-order valence-electron chi connectivity index (χ4n) is 2.89. The summed E-state index contributed by atoms with van der Waals surface area (Å²) in [6.45, 7) is 2.43. The van der Waals surface area contributed by atoms with Crippen LogP contribution in [0.3, 0.4) is 0 Å². The highest BCUT2D eigenvalue weighted by atomic mass is 35.5. The van der Waals surface area contributed by atoms with E-state index in [1.165, 1.54) is 6.21 Å². The van der Waals surface area contributed by atoms with Crippen molar-refractivity contribution in [1.82, 2.24) is 14.8 Å². The lowest BCUT2D eigenvalue weighted by Gasteiger charge is -2.19. The fraction of sp³-hybridized carbons (Fsp3) is 0.474. The lowest BCUT2D eigenvalue weighted by atomic mass is 10.2. The van der Waals surface area contributed by atoms with Crippen molar-refractivity contribution in [3.05, 3.63) is 35.9 Å². The predicted molar refractivity (Wildman–Crippen MR) is 106 cm³/mol. The van der Waals surface area contributed by atoms with Crippen molar-refractivity contribution < 1.29 is 18.4 Å². The van der Waals surface area contributed by atoms with Crippen molar-refractivity contribution >= 4 is 29.4 Å². The zero-order chi connectivity index (χ0) is 20.9. The van der Waals surface area contributed by atoms with E-state index in [2.05, 4.69) is 15.2 Å². The highest BCUT2D eigenvalue weighted by molar-refractivity contribution is 6.32. The van der Waals surface area contributed by atoms with Crippen molar-refractivity contribution in [2.24, 2.45) is 11.1 Å². The van der Waals surface area contributed by atoms with Crippen LogP contribution in [0, 0.1) is 5.92 Å². The Morgan fingerprint density at radius 1 is 1.55 bits per heavy atom. The molecule has 7 nitrogen and oxygen atoms in total. The quantitative estimate of drug-likeness (QED) is 0.326. The number of nitrogens with zero attached hydrogens (tertiary/aromatic N) is 5. The molecule has 2 aromatic rings. The molecule has 29 heavy (non-hydrogen) atoms. The van der Waals surface area contributed by atoms with E-state index in [0.717, 1.165) is 5.69 Å². The van der Waals surface area contributed by atoms with Gasteiger partial charge in [-0.15, -0.1) is 0 Å². The molecule has 10 heteroatoms. The molecule has 0 saturated heterocycles. The molecule has 0 radical (unpaired) electrons. The van der Waals surface area contributed by atoms with Crippen LogP contribution in [0.2, 0.25) is 5.15 Å². The summed E-state index contributed by atoms with van der Waals surface area (Å²) in [5, 5.41) is 8.18. The molecule has 0 bridgehead atoms. The molecule has 1 amide bonds. The number of halogens is 3. The highest BCUT2D eigenvalue weighted by Gasteiger charge is 2.56. The number of hydrogen-bond donors (Lipinski definition) is 0. The second-order valence-electron chi connectivity index (χ2n) is 6.71. The molecule has 2 heterocycles. The molecule has 1 aliphatic carbocycles. The third-order valence-electron chi connectivity index (χ3n) is 4.62. The normalized spacial score (nSPS) is 17.4. The van der Waals surface area contributed by atoms with Gasteiger partial charge in [-0.3, -0.25) is 9.78 Å². The second kappa shape index (κ2) is 9.30. The van der Waals surface area contributed by atoms with Gasteiger partial charge in [0.1, 0.15) is 12.3 Å². The van der Waals surface area contributed by atoms with E-state index in [-0.39, 0.29) is 36.9 Å². The van der Waals surface area contributed by atoms with Gasteiger partial charge in [0.25, 0.3) is 5.92 Å². The van der Waals surface area contributed by atoms with Gasteiger partial charge >= 0.3 is 0 Å². The third-order valence-corrected chi connectivity index (χ3v) is 4.89. The van der Waals surface area contributed by atoms with Gasteiger partial charge in [0.15, 0.2) is 5.15 Å². The van der Waals surface area contributed by atoms with Gasteiger partial charge < -0.3 is 9.74 Å². The Hall–Kier alpha value is -2.55. The lowest BCUT2D eigenvalue weighted by Crippen LogP contribution is -2.30. The van der Waals surface area contributed by atoms with Gasteiger partial charge in [0, 0.05) is 37.7 Å². The van der Waals surface area contributed by atoms with Gasteiger partial charge in [0.05, 0.1) is 18.1 Å². The first-order valence-electron chi connectivity index (χ1n) is 9.40. The monoisotopic (exact) mass is 425 g/mol. The van der Waals surface area contributed by atoms with Crippen LogP contribution in [0.15, 0.2) is 35.9 Å². The molecule has 0 N–H and O–H groups in total. The molecule has 3 rings (SSSR count). The largest absolute Gasteiger partial charge is 0.396 e. The molecule has 0 aromatic carbocycles. The number of pyridine rings is 1. The van der Waals surface area contributed by atoms with Gasteiger partial charge in [-0.25, -0.2) is 13.5 Å². The van der Waals surface area contributed by atoms with Gasteiger partial charge in [-0.05, 0) is 31.9 Å². The van der Waals surface area contributed by atoms with Crippen molar-refractivity contribution in [2.75, 3.05) is 18.1 Å². The Balaban J connectivity index is 1.48. The summed E-state index contributed by atoms with van der Waals surface area (Å²) in [5.41, 5.74) is 1.25. The van der Waals surface area contributed by atoms with Crippen LogP contribution < -0.4 is 4.90 Å². The predicted octanol–water partition coefficient (Wildman–Crippen LogP) is 4.10. The Kier molecular flexibility index (Phi) is 6.79. The zero-order valence-electron chi connectivity index (χ0n) is 16.0. The lowest BCUT2D eigenvalue weighted by molar-refractivity contribution is -0.118. The molecule has 1 aliphatic rings. The van der Waals surface area contributed by atoms with E-state index in [1.807, 2.05) is 13.0 Å². The van der Waals surface area contributed by atoms with Gasteiger partial charge in [0.2, 0.25) is 5.91 Å². The fourth-order valence-corrected chi connectivity index (χ4v) is 3.12. The van der Waals surface area contributed by atoms with Crippen molar-refractivity contribution in [1.29, 1.82) is 0 Å². The van der Waals surface area contributed by atoms with Crippen LogP contribution in [-0.2, 0) is 9.63 Å². The van der Waals surface area contributed by atoms with Crippen molar-refractivity contribution in [2.45, 2.75) is 38.5 Å². The van der Waals surface area contributed by atoms with Crippen molar-refractivity contribution in [3.8, 4) is 5.69 Å². The number of alkyl halides is 2. The average Bonchev–Trinajstić information content (AvgIpc) is 3.13. The zero-order valence-corrected chi connectivity index (χ0v) is 16.7. The minimum atomic E-state index is -2.53. The standard InChI is InChI=1S/C19H22ClF2N5O2/c1-2-26(16-13-27(25-18(16)20)15-5-3-8-23-12-15)17(28)6-4-9-24-29-10-7-14-11-19(14,21)22/h3,5,8-9,12-14H,2,4,6-7,10-11H2,1H3. The number of carbonyl (C=O) groups is 1. The number of oxime groups is 1. The summed E-state index contributed by atoms with van der Waals surface area (Å²) in [4.78, 5) is 23.1. The number of aromatic nitrogens is 3. The van der Waals surface area contributed by atoms with Crippen LogP contribution in [0.4, 0.5) is 14.5 Å². The molecule has 1 saturated carbocycles. The summed E-state index contributed by atoms with van der Waals surface area (Å²) in [6.07, 6.45) is 7.24. The Morgan fingerprint density at radius 2 is 2.34 bits per heavy atom. The van der Waals surface area contributed by atoms with Gasteiger partial charge in [-0.1, -0.05) is 16.8 Å². The van der Waals surface area contributed by atoms with Crippen molar-refractivity contribution in [3.63, 3.8) is 0 Å². The summed E-state index contributed by atoms with van der Waals surface area (Å²) in [6, 6.07) is 3.62. The van der Waals surface area contributed by atoms with E-state index in [0.29, 0.717) is 18.7 Å². The minimum absolute atomic E-state index is 0.0681. The first-order valence-corrected chi connectivity index (χ1v) is 9.77. The van der Waals surface area contributed by atoms with E-state index in [9.17, 15) is 13.6 Å². The van der Waals surface area contributed by atoms with E-state index in [1.54, 1.807) is 34.2 Å². The van der Waals surface area contributed by atoms with E-state index >= 15 is 0 Å². The maximum Gasteiger partial charge on any atom is 0.251 e. The van der Waals surface area contributed by atoms with Crippen LogP contribution in [-0.4, -0.2) is 46.0 Å². The number of anilines is 1. The maximum atomic E-state index is 12.7. The number of rotatable bonds is 10. The molecule has 156 valence electrons. The van der Waals surface area contributed by atoms with Gasteiger partial charge in [-0.2, -0.15) is 5.10 Å². The van der Waals surface area contributed by atoms with Crippen LogP contribution in [0.5, 0.6) is 0 Å². The maximum absolute atomic E-state index is 12.7. The first-order chi connectivity index (χ1) is 13.9. The van der Waals surface area contributed by atoms with Crippen LogP contribution >= 0.6 is 11.6 Å². The number of amides is 1. The summed E-state index contributed by atoms with van der Waals surface area (Å²) >= 11 is 6.24. The SMILES string of the molecule is CCN(C(=O)CCC=NOCCC1CC1(F)F)c1cn(-c2cccnc2)nc1Cl.